The molecule has 0 atom stereocenters. The summed E-state index contributed by atoms with van der Waals surface area (Å²) in [6.07, 6.45) is 2.37. The molecule has 1 aromatic carbocycles. The summed E-state index contributed by atoms with van der Waals surface area (Å²) in [5, 5.41) is 7.04. The van der Waals surface area contributed by atoms with E-state index in [4.69, 9.17) is 0 Å². The van der Waals surface area contributed by atoms with E-state index in [2.05, 4.69) is 31.8 Å². The van der Waals surface area contributed by atoms with Crippen molar-refractivity contribution in [1.82, 2.24) is 9.62 Å². The quantitative estimate of drug-likeness (QED) is 0.664. The number of piperidine rings is 1. The van der Waals surface area contributed by atoms with Crippen LogP contribution in [0, 0.1) is 12.8 Å². The number of carbonyl (C=O) groups is 1. The molecule has 6 nitrogen and oxygen atoms in total. The van der Waals surface area contributed by atoms with Crippen LogP contribution in [0.5, 0.6) is 0 Å². The highest BCUT2D eigenvalue weighted by Gasteiger charge is 2.23. The third kappa shape index (κ3) is 6.12. The highest BCUT2D eigenvalue weighted by atomic mass is 32.2. The number of likely N-dealkylation sites (tertiary alicyclic amines) is 1. The van der Waals surface area contributed by atoms with E-state index >= 15 is 0 Å². The summed E-state index contributed by atoms with van der Waals surface area (Å²) < 4.78 is 28.3. The van der Waals surface area contributed by atoms with Gasteiger partial charge in [0.2, 0.25) is 15.9 Å². The van der Waals surface area contributed by atoms with Gasteiger partial charge in [0, 0.05) is 25.2 Å². The fourth-order valence-corrected chi connectivity index (χ4v) is 5.57. The van der Waals surface area contributed by atoms with Crippen LogP contribution in [0.4, 0.5) is 5.69 Å². The average Bonchev–Trinajstić information content (AvgIpc) is 3.20. The van der Waals surface area contributed by atoms with Crippen LogP contribution in [-0.4, -0.2) is 38.9 Å². The second kappa shape index (κ2) is 9.84. The van der Waals surface area contributed by atoms with Crippen LogP contribution in [0.1, 0.15) is 37.3 Å². The lowest BCUT2D eigenvalue weighted by Gasteiger charge is -2.31. The predicted octanol–water partition coefficient (Wildman–Crippen LogP) is 3.60. The molecule has 1 aliphatic rings. The van der Waals surface area contributed by atoms with Gasteiger partial charge < -0.3 is 5.32 Å². The minimum Gasteiger partial charge on any atom is -0.326 e. The maximum absolute atomic E-state index is 12.8. The third-order valence-corrected chi connectivity index (χ3v) is 7.64. The zero-order chi connectivity index (χ0) is 20.9. The Morgan fingerprint density at radius 2 is 2.00 bits per heavy atom. The van der Waals surface area contributed by atoms with Gasteiger partial charge in [-0.3, -0.25) is 9.69 Å². The Morgan fingerprint density at radius 3 is 2.62 bits per heavy atom. The van der Waals surface area contributed by atoms with Crippen LogP contribution >= 0.6 is 11.3 Å². The van der Waals surface area contributed by atoms with Gasteiger partial charge in [-0.15, -0.1) is 0 Å². The summed E-state index contributed by atoms with van der Waals surface area (Å²) in [5.74, 6) is 0.260. The second-order valence-electron chi connectivity index (χ2n) is 7.59. The molecule has 0 bridgehead atoms. The number of carbonyl (C=O) groups excluding carboxylic acids is 1. The van der Waals surface area contributed by atoms with E-state index in [-0.39, 0.29) is 10.8 Å². The fourth-order valence-electron chi connectivity index (χ4n) is 3.57. The van der Waals surface area contributed by atoms with Crippen LogP contribution in [0.25, 0.3) is 0 Å². The van der Waals surface area contributed by atoms with Crippen molar-refractivity contribution in [1.29, 1.82) is 0 Å². The number of amides is 1. The van der Waals surface area contributed by atoms with Gasteiger partial charge in [0.05, 0.1) is 4.90 Å². The molecule has 0 aliphatic carbocycles. The monoisotopic (exact) mass is 435 g/mol. The first-order chi connectivity index (χ1) is 13.9. The van der Waals surface area contributed by atoms with Crippen molar-refractivity contribution < 1.29 is 13.2 Å². The minimum absolute atomic E-state index is 0.0940. The number of nitrogens with one attached hydrogen (secondary N) is 2. The molecular weight excluding hydrogens is 406 g/mol. The van der Waals surface area contributed by atoms with Gasteiger partial charge in [-0.05, 0) is 84.9 Å². The summed E-state index contributed by atoms with van der Waals surface area (Å²) >= 11 is 1.72. The lowest BCUT2D eigenvalue weighted by atomic mass is 9.97. The number of thiophene rings is 1. The van der Waals surface area contributed by atoms with Gasteiger partial charge in [-0.2, -0.15) is 11.3 Å². The molecule has 2 N–H and O–H groups in total. The molecule has 1 aromatic heterocycles. The summed E-state index contributed by atoms with van der Waals surface area (Å²) in [4.78, 5) is 14.2. The molecule has 0 unspecified atom stereocenters. The van der Waals surface area contributed by atoms with Gasteiger partial charge >= 0.3 is 0 Å². The molecule has 29 heavy (non-hydrogen) atoms. The van der Waals surface area contributed by atoms with E-state index in [0.29, 0.717) is 30.1 Å². The highest BCUT2D eigenvalue weighted by Crippen LogP contribution is 2.22. The Kier molecular flexibility index (Phi) is 7.45. The number of aryl methyl sites for hydroxylation is 1. The molecule has 158 valence electrons. The van der Waals surface area contributed by atoms with Gasteiger partial charge in [0.25, 0.3) is 0 Å². The summed E-state index contributed by atoms with van der Waals surface area (Å²) in [5.41, 5.74) is 2.59. The summed E-state index contributed by atoms with van der Waals surface area (Å²) in [6.45, 7) is 6.95. The zero-order valence-corrected chi connectivity index (χ0v) is 18.6. The van der Waals surface area contributed by atoms with Gasteiger partial charge in [-0.1, -0.05) is 6.92 Å². The largest absolute Gasteiger partial charge is 0.326 e. The molecule has 0 saturated carbocycles. The highest BCUT2D eigenvalue weighted by molar-refractivity contribution is 7.89. The third-order valence-electron chi connectivity index (χ3n) is 5.32. The van der Waals surface area contributed by atoms with E-state index in [1.165, 1.54) is 5.56 Å². The SMILES string of the molecule is CCC(=O)Nc1ccc(S(=O)(=O)NCC2CCN(Cc3ccsc3)CC2)c(C)c1. The molecule has 0 radical (unpaired) electrons. The van der Waals surface area contributed by atoms with Gasteiger partial charge in [0.15, 0.2) is 0 Å². The van der Waals surface area contributed by atoms with Crippen molar-refractivity contribution >= 4 is 33.0 Å². The van der Waals surface area contributed by atoms with Crippen LogP contribution < -0.4 is 10.0 Å². The molecule has 1 fully saturated rings. The van der Waals surface area contributed by atoms with Crippen molar-refractivity contribution in [2.45, 2.75) is 44.6 Å². The number of hydrogen-bond acceptors (Lipinski definition) is 5. The van der Waals surface area contributed by atoms with Crippen molar-refractivity contribution in [2.24, 2.45) is 5.92 Å². The van der Waals surface area contributed by atoms with E-state index < -0.39 is 10.0 Å². The standard InChI is InChI=1S/C21H29N3O3S2/c1-3-21(25)23-19-4-5-20(16(2)12-19)29(26,27)22-13-17-6-9-24(10-7-17)14-18-8-11-28-15-18/h4-5,8,11-12,15,17,22H,3,6-7,9-10,13-14H2,1-2H3,(H,23,25). The molecule has 1 saturated heterocycles. The van der Waals surface area contributed by atoms with Crippen LogP contribution in [0.3, 0.4) is 0 Å². The number of sulfonamides is 1. The number of nitrogens with zero attached hydrogens (tertiary/aromatic N) is 1. The lowest BCUT2D eigenvalue weighted by Crippen LogP contribution is -2.38. The number of hydrogen-bond donors (Lipinski definition) is 2. The molecule has 0 spiro atoms. The maximum atomic E-state index is 12.8. The summed E-state index contributed by atoms with van der Waals surface area (Å²) in [6, 6.07) is 7.06. The van der Waals surface area contributed by atoms with E-state index in [1.807, 2.05) is 0 Å². The first-order valence-electron chi connectivity index (χ1n) is 10.0. The lowest BCUT2D eigenvalue weighted by molar-refractivity contribution is -0.115. The molecule has 8 heteroatoms. The Balaban J connectivity index is 1.52. The van der Waals surface area contributed by atoms with Crippen LogP contribution in [-0.2, 0) is 21.4 Å². The number of rotatable bonds is 8. The first-order valence-corrected chi connectivity index (χ1v) is 12.4. The van der Waals surface area contributed by atoms with Crippen molar-refractivity contribution in [3.8, 4) is 0 Å². The maximum Gasteiger partial charge on any atom is 0.240 e. The average molecular weight is 436 g/mol. The molecule has 2 heterocycles. The molecule has 2 aromatic rings. The molecule has 1 amide bonds. The van der Waals surface area contributed by atoms with Crippen molar-refractivity contribution in [3.63, 3.8) is 0 Å². The Labute approximate surface area is 177 Å². The van der Waals surface area contributed by atoms with E-state index in [0.717, 1.165) is 32.5 Å². The molecule has 1 aliphatic heterocycles. The topological polar surface area (TPSA) is 78.5 Å². The van der Waals surface area contributed by atoms with E-state index in [9.17, 15) is 13.2 Å². The van der Waals surface area contributed by atoms with Crippen LogP contribution in [0.2, 0.25) is 0 Å². The van der Waals surface area contributed by atoms with Crippen molar-refractivity contribution in [2.75, 3.05) is 25.0 Å². The van der Waals surface area contributed by atoms with E-state index in [1.54, 1.807) is 43.4 Å². The van der Waals surface area contributed by atoms with Crippen LogP contribution in [0.15, 0.2) is 39.9 Å². The summed E-state index contributed by atoms with van der Waals surface area (Å²) in [7, 11) is -3.57. The first kappa shape index (κ1) is 22.0. The van der Waals surface area contributed by atoms with Gasteiger partial charge in [0.1, 0.15) is 0 Å². The molecule has 3 rings (SSSR count). The minimum atomic E-state index is -3.57. The Bertz CT molecular complexity index is 919. The fraction of sp³-hybridized carbons (Fsp3) is 0.476. The Morgan fingerprint density at radius 1 is 1.24 bits per heavy atom. The Hall–Kier alpha value is -1.74. The second-order valence-corrected chi connectivity index (χ2v) is 10.1. The number of anilines is 1. The predicted molar refractivity (Wildman–Crippen MR) is 118 cm³/mol. The van der Waals surface area contributed by atoms with Crippen molar-refractivity contribution in [3.05, 3.63) is 46.2 Å². The number of benzene rings is 1. The normalized spacial score (nSPS) is 16.1. The molecular formula is C21H29N3O3S2. The zero-order valence-electron chi connectivity index (χ0n) is 17.0. The smallest absolute Gasteiger partial charge is 0.240 e. The van der Waals surface area contributed by atoms with Gasteiger partial charge in [-0.25, -0.2) is 13.1 Å².